The number of hydrogen-bond acceptors (Lipinski definition) is 6. The minimum Gasteiger partial charge on any atom is -0.385 e. The fourth-order valence-electron chi connectivity index (χ4n) is 4.17. The number of rotatable bonds is 7. The molecule has 0 unspecified atom stereocenters. The second-order valence-electron chi connectivity index (χ2n) is 8.14. The summed E-state index contributed by atoms with van der Waals surface area (Å²) in [5, 5.41) is 2.99. The van der Waals surface area contributed by atoms with Crippen LogP contribution in [0, 0.1) is 0 Å². The highest BCUT2D eigenvalue weighted by Crippen LogP contribution is 2.24. The van der Waals surface area contributed by atoms with Crippen molar-refractivity contribution in [2.24, 2.45) is 0 Å². The van der Waals surface area contributed by atoms with Crippen LogP contribution in [0.5, 0.6) is 0 Å². The zero-order chi connectivity index (χ0) is 23.4. The number of nitrogens with one attached hydrogen (secondary N) is 1. The van der Waals surface area contributed by atoms with Crippen molar-refractivity contribution in [2.75, 3.05) is 33.4 Å². The van der Waals surface area contributed by atoms with Crippen LogP contribution in [0.25, 0.3) is 0 Å². The van der Waals surface area contributed by atoms with Gasteiger partial charge in [0.15, 0.2) is 0 Å². The van der Waals surface area contributed by atoms with E-state index >= 15 is 0 Å². The van der Waals surface area contributed by atoms with Gasteiger partial charge in [-0.05, 0) is 49.6 Å². The summed E-state index contributed by atoms with van der Waals surface area (Å²) in [6.07, 6.45) is 5.01. The molecule has 4 amide bonds. The first-order chi connectivity index (χ1) is 16.0. The first-order valence-corrected chi connectivity index (χ1v) is 11.0. The number of carbonyl (C=O) groups excluding carboxylic acids is 4. The van der Waals surface area contributed by atoms with Gasteiger partial charge >= 0.3 is 0 Å². The topological polar surface area (TPSA) is 109 Å². The molecule has 3 heterocycles. The third-order valence-electron chi connectivity index (χ3n) is 6.01. The standard InChI is InChI=1S/C24H26N4O5/c1-33-14-2-11-28-23(31)19-4-3-17(15-20(19)24(28)32)21(29)26-18-7-12-27(13-8-18)22(30)16-5-9-25-10-6-16/h3-6,9-10,15,18H,2,7-8,11-14H2,1H3,(H,26,29). The summed E-state index contributed by atoms with van der Waals surface area (Å²) in [7, 11) is 1.57. The molecule has 33 heavy (non-hydrogen) atoms. The summed E-state index contributed by atoms with van der Waals surface area (Å²) >= 11 is 0. The Morgan fingerprint density at radius 2 is 1.73 bits per heavy atom. The Kier molecular flexibility index (Phi) is 6.79. The Labute approximate surface area is 191 Å². The van der Waals surface area contributed by atoms with E-state index < -0.39 is 0 Å². The molecule has 0 bridgehead atoms. The third kappa shape index (κ3) is 4.78. The summed E-state index contributed by atoms with van der Waals surface area (Å²) in [5.74, 6) is -1.07. The van der Waals surface area contributed by atoms with Gasteiger partial charge in [0.05, 0.1) is 11.1 Å². The number of fused-ring (bicyclic) bond motifs is 1. The van der Waals surface area contributed by atoms with Gasteiger partial charge in [0.25, 0.3) is 23.6 Å². The first kappa shape index (κ1) is 22.6. The van der Waals surface area contributed by atoms with Gasteiger partial charge in [0.1, 0.15) is 0 Å². The van der Waals surface area contributed by atoms with E-state index in [4.69, 9.17) is 4.74 Å². The molecule has 9 heteroatoms. The summed E-state index contributed by atoms with van der Waals surface area (Å²) in [5.41, 5.74) is 1.50. The van der Waals surface area contributed by atoms with Gasteiger partial charge in [0, 0.05) is 62.9 Å². The van der Waals surface area contributed by atoms with E-state index in [1.165, 1.54) is 17.0 Å². The lowest BCUT2D eigenvalue weighted by atomic mass is 10.0. The predicted molar refractivity (Wildman–Crippen MR) is 119 cm³/mol. The van der Waals surface area contributed by atoms with Crippen molar-refractivity contribution in [3.63, 3.8) is 0 Å². The maximum Gasteiger partial charge on any atom is 0.261 e. The fourth-order valence-corrected chi connectivity index (χ4v) is 4.17. The SMILES string of the molecule is COCCCN1C(=O)c2ccc(C(=O)NC3CCN(C(=O)c4ccncc4)CC3)cc2C1=O. The second-order valence-corrected chi connectivity index (χ2v) is 8.14. The van der Waals surface area contributed by atoms with Gasteiger partial charge in [-0.15, -0.1) is 0 Å². The van der Waals surface area contributed by atoms with Crippen molar-refractivity contribution in [1.82, 2.24) is 20.1 Å². The molecule has 1 N–H and O–H groups in total. The van der Waals surface area contributed by atoms with E-state index in [0.29, 0.717) is 55.6 Å². The molecule has 2 aliphatic rings. The summed E-state index contributed by atoms with van der Waals surface area (Å²) in [6, 6.07) is 7.90. The number of carbonyl (C=O) groups is 4. The molecule has 0 spiro atoms. The number of pyridine rings is 1. The lowest BCUT2D eigenvalue weighted by molar-refractivity contribution is 0.0636. The van der Waals surface area contributed by atoms with Crippen LogP contribution < -0.4 is 5.32 Å². The highest BCUT2D eigenvalue weighted by atomic mass is 16.5. The summed E-state index contributed by atoms with van der Waals surface area (Å²) < 4.78 is 4.99. The van der Waals surface area contributed by atoms with Crippen LogP contribution in [0.4, 0.5) is 0 Å². The molecule has 0 saturated carbocycles. The number of ether oxygens (including phenoxy) is 1. The molecular formula is C24H26N4O5. The molecule has 0 radical (unpaired) electrons. The van der Waals surface area contributed by atoms with E-state index in [1.54, 1.807) is 42.6 Å². The molecule has 4 rings (SSSR count). The van der Waals surface area contributed by atoms with Crippen molar-refractivity contribution in [3.05, 3.63) is 65.0 Å². The van der Waals surface area contributed by atoms with Gasteiger partial charge in [-0.25, -0.2) is 0 Å². The van der Waals surface area contributed by atoms with Gasteiger partial charge < -0.3 is 15.0 Å². The number of imide groups is 1. The van der Waals surface area contributed by atoms with Crippen LogP contribution in [0.1, 0.15) is 60.7 Å². The lowest BCUT2D eigenvalue weighted by Gasteiger charge is -2.32. The van der Waals surface area contributed by atoms with Crippen LogP contribution >= 0.6 is 0 Å². The molecule has 2 aliphatic heterocycles. The van der Waals surface area contributed by atoms with Gasteiger partial charge in [-0.2, -0.15) is 0 Å². The second kappa shape index (κ2) is 9.91. The largest absolute Gasteiger partial charge is 0.385 e. The van der Waals surface area contributed by atoms with E-state index in [0.717, 1.165) is 0 Å². The zero-order valence-corrected chi connectivity index (χ0v) is 18.5. The van der Waals surface area contributed by atoms with Crippen molar-refractivity contribution < 1.29 is 23.9 Å². The number of methoxy groups -OCH3 is 1. The minimum atomic E-state index is -0.385. The van der Waals surface area contributed by atoms with Gasteiger partial charge in [0.2, 0.25) is 0 Å². The van der Waals surface area contributed by atoms with E-state index in [2.05, 4.69) is 10.3 Å². The number of hydrogen-bond donors (Lipinski definition) is 1. The summed E-state index contributed by atoms with van der Waals surface area (Å²) in [4.78, 5) is 57.5. The monoisotopic (exact) mass is 450 g/mol. The Hall–Kier alpha value is -3.59. The van der Waals surface area contributed by atoms with Crippen molar-refractivity contribution in [2.45, 2.75) is 25.3 Å². The number of benzene rings is 1. The molecular weight excluding hydrogens is 424 g/mol. The van der Waals surface area contributed by atoms with E-state index in [9.17, 15) is 19.2 Å². The first-order valence-electron chi connectivity index (χ1n) is 11.0. The van der Waals surface area contributed by atoms with Crippen molar-refractivity contribution in [1.29, 1.82) is 0 Å². The zero-order valence-electron chi connectivity index (χ0n) is 18.5. The Bertz CT molecular complexity index is 1060. The quantitative estimate of drug-likeness (QED) is 0.509. The van der Waals surface area contributed by atoms with Gasteiger partial charge in [-0.3, -0.25) is 29.1 Å². The maximum atomic E-state index is 12.8. The Balaban J connectivity index is 1.35. The average Bonchev–Trinajstić information content (AvgIpc) is 3.09. The van der Waals surface area contributed by atoms with Crippen LogP contribution in [0.2, 0.25) is 0 Å². The molecule has 1 fully saturated rings. The van der Waals surface area contributed by atoms with Crippen LogP contribution in [-0.4, -0.2) is 77.8 Å². The molecule has 1 aromatic carbocycles. The molecule has 172 valence electrons. The number of likely N-dealkylation sites (tertiary alicyclic amines) is 1. The third-order valence-corrected chi connectivity index (χ3v) is 6.01. The number of nitrogens with zero attached hydrogens (tertiary/aromatic N) is 3. The van der Waals surface area contributed by atoms with Crippen molar-refractivity contribution in [3.8, 4) is 0 Å². The minimum absolute atomic E-state index is 0.0426. The van der Waals surface area contributed by atoms with Crippen molar-refractivity contribution >= 4 is 23.6 Å². The summed E-state index contributed by atoms with van der Waals surface area (Å²) in [6.45, 7) is 1.81. The molecule has 9 nitrogen and oxygen atoms in total. The number of aromatic nitrogens is 1. The lowest BCUT2D eigenvalue weighted by Crippen LogP contribution is -2.46. The molecule has 1 aromatic heterocycles. The smallest absolute Gasteiger partial charge is 0.261 e. The average molecular weight is 450 g/mol. The molecule has 0 aliphatic carbocycles. The Morgan fingerprint density at radius 3 is 2.42 bits per heavy atom. The number of piperidine rings is 1. The van der Waals surface area contributed by atoms with E-state index in [-0.39, 0.29) is 41.8 Å². The Morgan fingerprint density at radius 1 is 1.03 bits per heavy atom. The highest BCUT2D eigenvalue weighted by Gasteiger charge is 2.35. The fraction of sp³-hybridized carbons (Fsp3) is 0.375. The highest BCUT2D eigenvalue weighted by molar-refractivity contribution is 6.22. The molecule has 2 aromatic rings. The molecule has 1 saturated heterocycles. The maximum absolute atomic E-state index is 12.8. The van der Waals surface area contributed by atoms with Gasteiger partial charge in [-0.1, -0.05) is 0 Å². The normalized spacial score (nSPS) is 16.2. The van der Waals surface area contributed by atoms with Crippen LogP contribution in [0.15, 0.2) is 42.7 Å². The van der Waals surface area contributed by atoms with Crippen LogP contribution in [-0.2, 0) is 4.74 Å². The van der Waals surface area contributed by atoms with Crippen LogP contribution in [0.3, 0.4) is 0 Å². The molecule has 0 atom stereocenters. The van der Waals surface area contributed by atoms with E-state index in [1.807, 2.05) is 0 Å². The predicted octanol–water partition coefficient (Wildman–Crippen LogP) is 1.75. The number of amides is 4.